The number of benzene rings is 4. The summed E-state index contributed by atoms with van der Waals surface area (Å²) in [6.45, 7) is 9.65. The molecule has 4 aromatic rings. The number of nitrogens with zero attached hydrogens (tertiary/aromatic N) is 4. The summed E-state index contributed by atoms with van der Waals surface area (Å²) in [5, 5.41) is 12.4. The second-order valence-electron chi connectivity index (χ2n) is 15.1. The molecule has 3 fully saturated rings. The zero-order valence-corrected chi connectivity index (χ0v) is 31.0. The third kappa shape index (κ3) is 7.37. The van der Waals surface area contributed by atoms with E-state index >= 15 is 0 Å². The molecule has 1 atom stereocenters. The Morgan fingerprint density at radius 3 is 2.04 bits per heavy atom. The predicted molar refractivity (Wildman–Crippen MR) is 213 cm³/mol. The molecule has 2 N–H and O–H groups in total. The summed E-state index contributed by atoms with van der Waals surface area (Å²) < 4.78 is 0. The third-order valence-corrected chi connectivity index (χ3v) is 11.8. The molecule has 4 aliphatic heterocycles. The van der Waals surface area contributed by atoms with Crippen LogP contribution in [0.15, 0.2) is 97.1 Å². The number of aromatic hydroxyl groups is 1. The molecule has 4 aliphatic rings. The number of rotatable bonds is 9. The number of carbonyl (C=O) groups excluding carboxylic acids is 3. The third-order valence-electron chi connectivity index (χ3n) is 11.8. The first kappa shape index (κ1) is 35.6. The molecule has 278 valence electrons. The SMILES string of the molecule is CCC(=C(c1ccc(O)cc1)c1ccc(N2CCC(CN3CCN(c4ccc5c(c4)C(=O)N(C4CCC(=O)NC4=O)C5)CC3)CC2)cc1)c1ccccc1. The van der Waals surface area contributed by atoms with Crippen molar-refractivity contribution in [2.24, 2.45) is 5.92 Å². The molecular weight excluding hydrogens is 675 g/mol. The van der Waals surface area contributed by atoms with Crippen molar-refractivity contribution >= 4 is 40.2 Å². The second-order valence-corrected chi connectivity index (χ2v) is 15.1. The fourth-order valence-corrected chi connectivity index (χ4v) is 8.81. The summed E-state index contributed by atoms with van der Waals surface area (Å²) in [6, 6.07) is 32.7. The van der Waals surface area contributed by atoms with Gasteiger partial charge in [0.15, 0.2) is 0 Å². The molecule has 0 aromatic heterocycles. The lowest BCUT2D eigenvalue weighted by Gasteiger charge is -2.40. The molecule has 54 heavy (non-hydrogen) atoms. The minimum absolute atomic E-state index is 0.119. The van der Waals surface area contributed by atoms with E-state index in [0.717, 1.165) is 69.0 Å². The van der Waals surface area contributed by atoms with Crippen LogP contribution < -0.4 is 15.1 Å². The van der Waals surface area contributed by atoms with Crippen LogP contribution in [0.1, 0.15) is 71.6 Å². The monoisotopic (exact) mass is 723 g/mol. The number of fused-ring (bicyclic) bond motifs is 1. The molecule has 0 bridgehead atoms. The van der Waals surface area contributed by atoms with Crippen LogP contribution in [0.4, 0.5) is 11.4 Å². The van der Waals surface area contributed by atoms with Gasteiger partial charge < -0.3 is 19.8 Å². The van der Waals surface area contributed by atoms with Crippen molar-refractivity contribution in [3.05, 3.63) is 125 Å². The quantitative estimate of drug-likeness (QED) is 0.149. The molecule has 9 heteroatoms. The summed E-state index contributed by atoms with van der Waals surface area (Å²) in [4.78, 5) is 46.6. The number of imide groups is 1. The summed E-state index contributed by atoms with van der Waals surface area (Å²) in [5.41, 5.74) is 9.93. The number of hydrogen-bond acceptors (Lipinski definition) is 7. The van der Waals surface area contributed by atoms with Crippen molar-refractivity contribution in [3.8, 4) is 5.75 Å². The number of hydrogen-bond donors (Lipinski definition) is 2. The Bertz CT molecular complexity index is 2030. The van der Waals surface area contributed by atoms with Crippen LogP contribution in [-0.2, 0) is 16.1 Å². The highest BCUT2D eigenvalue weighted by Crippen LogP contribution is 2.36. The summed E-state index contributed by atoms with van der Waals surface area (Å²) in [7, 11) is 0. The highest BCUT2D eigenvalue weighted by Gasteiger charge is 2.39. The molecule has 0 saturated carbocycles. The highest BCUT2D eigenvalue weighted by atomic mass is 16.3. The zero-order chi connectivity index (χ0) is 37.2. The Balaban J connectivity index is 0.852. The van der Waals surface area contributed by atoms with Gasteiger partial charge in [-0.1, -0.05) is 67.6 Å². The van der Waals surface area contributed by atoms with Crippen LogP contribution >= 0.6 is 0 Å². The number of phenols is 1. The standard InChI is InChI=1S/C45H49N5O4/c1-2-39(32-6-4-3-5-7-32)43(34-11-16-38(51)17-12-34)33-8-13-36(14-9-33)48-22-20-31(21-23-48)29-47-24-26-49(27-25-47)37-15-10-35-30-50(45(54)40(35)28-37)41-18-19-42(52)46-44(41)53/h3-17,28,31,41,51H,2,18-27,29-30H2,1H3,(H,46,52,53). The molecule has 1 unspecified atom stereocenters. The average Bonchev–Trinajstić information content (AvgIpc) is 3.53. The summed E-state index contributed by atoms with van der Waals surface area (Å²) in [5.74, 6) is 0.182. The summed E-state index contributed by atoms with van der Waals surface area (Å²) >= 11 is 0. The number of anilines is 2. The normalized spacial score (nSPS) is 20.2. The number of nitrogens with one attached hydrogen (secondary N) is 1. The maximum absolute atomic E-state index is 13.4. The lowest BCUT2D eigenvalue weighted by Crippen LogP contribution is -2.52. The van der Waals surface area contributed by atoms with Crippen LogP contribution in [0.5, 0.6) is 5.75 Å². The van der Waals surface area contributed by atoms with E-state index in [1.165, 1.54) is 40.8 Å². The van der Waals surface area contributed by atoms with Crippen LogP contribution in [0.25, 0.3) is 11.1 Å². The predicted octanol–water partition coefficient (Wildman–Crippen LogP) is 6.56. The van der Waals surface area contributed by atoms with E-state index in [1.807, 2.05) is 24.3 Å². The summed E-state index contributed by atoms with van der Waals surface area (Å²) in [6.07, 6.45) is 3.88. The van der Waals surface area contributed by atoms with E-state index in [1.54, 1.807) is 17.0 Å². The van der Waals surface area contributed by atoms with Crippen LogP contribution in [0.2, 0.25) is 0 Å². The molecular formula is C45H49N5O4. The van der Waals surface area contributed by atoms with Crippen LogP contribution in [0.3, 0.4) is 0 Å². The molecule has 9 nitrogen and oxygen atoms in total. The van der Waals surface area contributed by atoms with Crippen molar-refractivity contribution in [2.75, 3.05) is 55.6 Å². The van der Waals surface area contributed by atoms with Gasteiger partial charge in [0, 0.05) is 75.7 Å². The average molecular weight is 724 g/mol. The van der Waals surface area contributed by atoms with Gasteiger partial charge in [0.05, 0.1) is 0 Å². The topological polar surface area (TPSA) is 96.4 Å². The number of piperazine rings is 1. The van der Waals surface area contributed by atoms with Crippen molar-refractivity contribution in [1.29, 1.82) is 0 Å². The minimum atomic E-state index is -0.589. The maximum atomic E-state index is 13.4. The number of piperidine rings is 2. The highest BCUT2D eigenvalue weighted by molar-refractivity contribution is 6.05. The first-order chi connectivity index (χ1) is 26.3. The van der Waals surface area contributed by atoms with Gasteiger partial charge in [0.25, 0.3) is 5.91 Å². The van der Waals surface area contributed by atoms with E-state index in [0.29, 0.717) is 24.4 Å². The van der Waals surface area contributed by atoms with Gasteiger partial charge in [-0.3, -0.25) is 24.6 Å². The van der Waals surface area contributed by atoms with Crippen LogP contribution in [-0.4, -0.2) is 84.5 Å². The minimum Gasteiger partial charge on any atom is -0.508 e. The molecule has 0 radical (unpaired) electrons. The number of allylic oxidation sites excluding steroid dienone is 1. The molecule has 4 aromatic carbocycles. The van der Waals surface area contributed by atoms with Crippen molar-refractivity contribution in [2.45, 2.75) is 51.6 Å². The van der Waals surface area contributed by atoms with Gasteiger partial charge in [-0.05, 0) is 101 Å². The molecule has 4 heterocycles. The van der Waals surface area contributed by atoms with Gasteiger partial charge in [-0.15, -0.1) is 0 Å². The van der Waals surface area contributed by atoms with Gasteiger partial charge in [0.1, 0.15) is 11.8 Å². The fraction of sp³-hybridized carbons (Fsp3) is 0.356. The van der Waals surface area contributed by atoms with Crippen molar-refractivity contribution in [1.82, 2.24) is 15.1 Å². The number of carbonyl (C=O) groups is 3. The van der Waals surface area contributed by atoms with Gasteiger partial charge in [0.2, 0.25) is 11.8 Å². The van der Waals surface area contributed by atoms with Gasteiger partial charge in [-0.2, -0.15) is 0 Å². The molecule has 3 saturated heterocycles. The van der Waals surface area contributed by atoms with E-state index in [9.17, 15) is 19.5 Å². The Morgan fingerprint density at radius 2 is 1.37 bits per heavy atom. The Labute approximate surface area is 317 Å². The molecule has 8 rings (SSSR count). The lowest BCUT2D eigenvalue weighted by molar-refractivity contribution is -0.136. The smallest absolute Gasteiger partial charge is 0.255 e. The van der Waals surface area contributed by atoms with E-state index < -0.39 is 6.04 Å². The Morgan fingerprint density at radius 1 is 0.722 bits per heavy atom. The van der Waals surface area contributed by atoms with E-state index in [4.69, 9.17) is 0 Å². The first-order valence-electron chi connectivity index (χ1n) is 19.5. The number of phenolic OH excluding ortho intramolecular Hbond substituents is 1. The lowest BCUT2D eigenvalue weighted by atomic mass is 9.88. The van der Waals surface area contributed by atoms with Crippen molar-refractivity contribution < 1.29 is 19.5 Å². The maximum Gasteiger partial charge on any atom is 0.255 e. The van der Waals surface area contributed by atoms with Gasteiger partial charge in [-0.25, -0.2) is 0 Å². The largest absolute Gasteiger partial charge is 0.508 e. The Hall–Kier alpha value is -5.41. The zero-order valence-electron chi connectivity index (χ0n) is 31.0. The molecule has 0 aliphatic carbocycles. The van der Waals surface area contributed by atoms with Crippen molar-refractivity contribution in [3.63, 3.8) is 0 Å². The number of amides is 3. The fourth-order valence-electron chi connectivity index (χ4n) is 8.81. The Kier molecular flexibility index (Phi) is 10.2. The van der Waals surface area contributed by atoms with Crippen LogP contribution in [0, 0.1) is 5.92 Å². The van der Waals surface area contributed by atoms with Gasteiger partial charge >= 0.3 is 0 Å². The second kappa shape index (κ2) is 15.5. The van der Waals surface area contributed by atoms with E-state index in [2.05, 4.69) is 87.6 Å². The molecule has 0 spiro atoms. The molecule has 3 amide bonds. The first-order valence-corrected chi connectivity index (χ1v) is 19.5. The van der Waals surface area contributed by atoms with E-state index in [-0.39, 0.29) is 29.9 Å².